The van der Waals surface area contributed by atoms with E-state index in [0.717, 1.165) is 138 Å². The van der Waals surface area contributed by atoms with Crippen molar-refractivity contribution in [3.05, 3.63) is 124 Å². The predicted octanol–water partition coefficient (Wildman–Crippen LogP) is 9.74. The highest BCUT2D eigenvalue weighted by atomic mass is 32.2. The highest BCUT2D eigenvalue weighted by Crippen LogP contribution is 2.49. The lowest BCUT2D eigenvalue weighted by Crippen LogP contribution is -2.54. The number of fused-ring (bicyclic) bond motifs is 3. The van der Waals surface area contributed by atoms with Crippen LogP contribution in [-0.2, 0) is 26.0 Å². The normalized spacial score (nSPS) is 25.1. The smallest absolute Gasteiger partial charge is 0.293 e. The van der Waals surface area contributed by atoms with Gasteiger partial charge in [0.05, 0.1) is 59.6 Å². The quantitative estimate of drug-likeness (QED) is 0.0521. The maximum absolute atomic E-state index is 14.9. The van der Waals surface area contributed by atoms with Crippen LogP contribution in [-0.4, -0.2) is 165 Å². The van der Waals surface area contributed by atoms with E-state index in [1.165, 1.54) is 23.3 Å². The number of ether oxygens (including phenoxy) is 4. The minimum Gasteiger partial charge on any atom is -0.493 e. The Morgan fingerprint density at radius 3 is 2.40 bits per heavy atom. The van der Waals surface area contributed by atoms with Crippen molar-refractivity contribution in [2.45, 2.75) is 132 Å². The number of pyridine rings is 2. The molecule has 5 saturated heterocycles. The van der Waals surface area contributed by atoms with Gasteiger partial charge in [-0.1, -0.05) is 38.1 Å². The van der Waals surface area contributed by atoms with Crippen molar-refractivity contribution in [2.75, 3.05) is 112 Å². The van der Waals surface area contributed by atoms with Gasteiger partial charge in [0.15, 0.2) is 11.6 Å². The molecule has 13 rings (SSSR count). The highest BCUT2D eigenvalue weighted by Gasteiger charge is 2.45. The lowest BCUT2D eigenvalue weighted by atomic mass is 9.70. The molecule has 7 aliphatic rings. The third kappa shape index (κ3) is 12.7. The minimum absolute atomic E-state index is 0.111. The summed E-state index contributed by atoms with van der Waals surface area (Å²) in [4.78, 5) is 51.6. The standard InChI is InChI=1S/C67H85N11O10S/c1-44(2)50-7-5-6-8-51(50)53-42-73(41-46-35-60(85-4)63(70-40-46)76-30-33-86-34-31-76)25-16-55(53)75-28-22-67(23-29-75)20-26-74(27-21-67)48-9-11-52(57(37-48)77-56-17-32-87-43-61(56)88-65-59(77)36-47-15-24-68-62(47)71-65)64(79)72-89(83,84)49-10-12-54(58(38-49)78(81)82)69-39-45-13-18-66(3,80)19-14-45/h5-12,15,24,35-38,40,44-45,53,55-56,61,69,80H,13-14,16-23,25-34,39,41-43H2,1-4H3,(H,68,71)(H,72,79)/t45-,53-,55-,56-,61-,66-/m0/s1. The van der Waals surface area contributed by atoms with Crippen LogP contribution in [0.1, 0.15) is 124 Å². The molecule has 6 aromatic rings. The molecular weight excluding hydrogens is 1150 g/mol. The number of carbonyl (C=O) groups excluding carboxylic acids is 1. The van der Waals surface area contributed by atoms with Crippen molar-refractivity contribution in [3.63, 3.8) is 0 Å². The molecule has 21 nitrogen and oxygen atoms in total. The summed E-state index contributed by atoms with van der Waals surface area (Å²) in [5.74, 6) is 2.11. The molecule has 6 fully saturated rings. The number of aromatic amines is 1. The molecule has 1 saturated carbocycles. The molecule has 0 unspecified atom stereocenters. The van der Waals surface area contributed by atoms with E-state index >= 15 is 0 Å². The second-order valence-corrected chi connectivity index (χ2v) is 28.2. The summed E-state index contributed by atoms with van der Waals surface area (Å²) in [5.41, 5.74) is 6.06. The first-order chi connectivity index (χ1) is 43.0. The molecule has 1 amide bonds. The fraction of sp³-hybridized carbons (Fsp3) is 0.537. The molecule has 89 heavy (non-hydrogen) atoms. The van der Waals surface area contributed by atoms with Gasteiger partial charge in [-0.15, -0.1) is 0 Å². The number of H-pyrrole nitrogens is 1. The van der Waals surface area contributed by atoms with Crippen molar-refractivity contribution in [1.82, 2.24) is 29.5 Å². The average molecular weight is 1240 g/mol. The van der Waals surface area contributed by atoms with Gasteiger partial charge in [-0.3, -0.25) is 24.7 Å². The number of methoxy groups -OCH3 is 1. The number of carbonyl (C=O) groups is 1. The number of aromatic nitrogens is 3. The zero-order valence-corrected chi connectivity index (χ0v) is 52.5. The fourth-order valence-corrected chi connectivity index (χ4v) is 16.3. The van der Waals surface area contributed by atoms with E-state index in [9.17, 15) is 28.4 Å². The number of likely N-dealkylation sites (tertiary alicyclic amines) is 2. The van der Waals surface area contributed by atoms with Gasteiger partial charge in [0.25, 0.3) is 21.6 Å². The number of hydrogen-bond donors (Lipinski definition) is 4. The summed E-state index contributed by atoms with van der Waals surface area (Å²) in [6.07, 6.45) is 12.1. The van der Waals surface area contributed by atoms with Crippen LogP contribution in [0.25, 0.3) is 11.0 Å². The van der Waals surface area contributed by atoms with Crippen molar-refractivity contribution in [3.8, 4) is 11.6 Å². The Hall–Kier alpha value is -7.08. The molecular formula is C67H85N11O10S. The summed E-state index contributed by atoms with van der Waals surface area (Å²) in [5, 5.41) is 26.9. The van der Waals surface area contributed by atoms with Gasteiger partial charge in [0.2, 0.25) is 5.88 Å². The Kier molecular flexibility index (Phi) is 17.3. The van der Waals surface area contributed by atoms with Crippen LogP contribution in [0.4, 0.5) is 34.3 Å². The van der Waals surface area contributed by atoms with Gasteiger partial charge in [0, 0.05) is 100 Å². The fourth-order valence-electron chi connectivity index (χ4n) is 15.4. The number of amides is 1. The maximum Gasteiger partial charge on any atom is 0.293 e. The average Bonchev–Trinajstić information content (AvgIpc) is 1.95. The topological polar surface area (TPSA) is 233 Å². The number of nitro benzene ring substituents is 1. The zero-order valence-electron chi connectivity index (χ0n) is 51.7. The molecule has 22 heteroatoms. The van der Waals surface area contributed by atoms with E-state index in [0.29, 0.717) is 93.0 Å². The van der Waals surface area contributed by atoms with Gasteiger partial charge in [-0.05, 0) is 167 Å². The van der Waals surface area contributed by atoms with E-state index in [1.807, 2.05) is 43.6 Å². The number of piperidine rings is 3. The van der Waals surface area contributed by atoms with Crippen molar-refractivity contribution in [2.24, 2.45) is 11.3 Å². The van der Waals surface area contributed by atoms with Crippen LogP contribution in [0.3, 0.4) is 0 Å². The largest absolute Gasteiger partial charge is 0.493 e. The second-order valence-electron chi connectivity index (χ2n) is 26.6. The first-order valence-corrected chi connectivity index (χ1v) is 33.6. The second kappa shape index (κ2) is 25.3. The van der Waals surface area contributed by atoms with Gasteiger partial charge >= 0.3 is 0 Å². The molecule has 474 valence electrons. The Balaban J connectivity index is 0.733. The monoisotopic (exact) mass is 1240 g/mol. The lowest BCUT2D eigenvalue weighted by Gasteiger charge is -2.51. The third-order valence-electron chi connectivity index (χ3n) is 20.6. The summed E-state index contributed by atoms with van der Waals surface area (Å²) in [6, 6.07) is 24.6. The molecule has 6 aliphatic heterocycles. The molecule has 4 atom stereocenters. The SMILES string of the molecule is COc1cc(CN2CC[C@H](N3CCC4(CCN(c5ccc(C(=O)NS(=O)(=O)c6ccc(NC[C@H]7CC[C@](C)(O)CC7)c([N+](=O)[O-])c6)c(N6c7cc8cc[nH]c8nc7O[C@H]7COCC[C@@H]76)c5)CC4)CC3)[C@H](c3ccccc3C(C)C)C2)cnc1N1CCOCC1. The lowest BCUT2D eigenvalue weighted by molar-refractivity contribution is -0.384. The number of morpholine rings is 1. The van der Waals surface area contributed by atoms with E-state index in [4.69, 9.17) is 28.9 Å². The van der Waals surface area contributed by atoms with Crippen LogP contribution in [0.5, 0.6) is 11.6 Å². The number of hydrogen-bond acceptors (Lipinski definition) is 18. The number of aliphatic hydroxyl groups is 1. The number of benzene rings is 3. The molecule has 9 heterocycles. The van der Waals surface area contributed by atoms with Gasteiger partial charge < -0.3 is 49.1 Å². The maximum atomic E-state index is 14.9. The number of nitrogens with one attached hydrogen (secondary N) is 3. The predicted molar refractivity (Wildman–Crippen MR) is 343 cm³/mol. The van der Waals surface area contributed by atoms with E-state index < -0.39 is 43.1 Å². The summed E-state index contributed by atoms with van der Waals surface area (Å²) in [6.45, 7) is 17.1. The van der Waals surface area contributed by atoms with E-state index in [1.54, 1.807) is 13.2 Å². The minimum atomic E-state index is -4.65. The number of rotatable bonds is 16. The molecule has 3 aromatic heterocycles. The molecule has 0 radical (unpaired) electrons. The summed E-state index contributed by atoms with van der Waals surface area (Å²) < 4.78 is 55.1. The molecule has 0 bridgehead atoms. The third-order valence-corrected chi connectivity index (χ3v) is 21.9. The van der Waals surface area contributed by atoms with Crippen molar-refractivity contribution >= 4 is 61.2 Å². The number of anilines is 5. The first kappa shape index (κ1) is 60.8. The van der Waals surface area contributed by atoms with Crippen LogP contribution in [0, 0.1) is 21.4 Å². The first-order valence-electron chi connectivity index (χ1n) is 32.1. The molecule has 1 aliphatic carbocycles. The molecule has 3 aromatic carbocycles. The zero-order chi connectivity index (χ0) is 61.6. The van der Waals surface area contributed by atoms with Gasteiger partial charge in [-0.25, -0.2) is 18.1 Å². The van der Waals surface area contributed by atoms with Gasteiger partial charge in [-0.2, -0.15) is 4.98 Å². The van der Waals surface area contributed by atoms with Gasteiger partial charge in [0.1, 0.15) is 23.1 Å². The number of nitrogens with zero attached hydrogens (tertiary/aromatic N) is 8. The van der Waals surface area contributed by atoms with E-state index in [-0.39, 0.29) is 28.6 Å². The van der Waals surface area contributed by atoms with Crippen LogP contribution in [0.15, 0.2) is 96.2 Å². The van der Waals surface area contributed by atoms with E-state index in [2.05, 4.69) is 83.7 Å². The van der Waals surface area contributed by atoms with Crippen LogP contribution >= 0.6 is 0 Å². The molecule has 4 N–H and O–H groups in total. The van der Waals surface area contributed by atoms with Crippen molar-refractivity contribution in [1.29, 1.82) is 0 Å². The highest BCUT2D eigenvalue weighted by molar-refractivity contribution is 7.90. The van der Waals surface area contributed by atoms with Crippen LogP contribution in [0.2, 0.25) is 0 Å². The Labute approximate surface area is 521 Å². The Morgan fingerprint density at radius 2 is 1.64 bits per heavy atom. The molecule has 1 spiro atoms. The Bertz CT molecular complexity index is 3660. The summed E-state index contributed by atoms with van der Waals surface area (Å²) in [7, 11) is -2.91. The summed E-state index contributed by atoms with van der Waals surface area (Å²) >= 11 is 0. The number of nitro groups is 1. The number of sulfonamides is 1. The Morgan fingerprint density at radius 1 is 0.865 bits per heavy atom. The van der Waals surface area contributed by atoms with Crippen LogP contribution < -0.4 is 34.2 Å². The van der Waals surface area contributed by atoms with Crippen molar-refractivity contribution < 1.29 is 42.2 Å².